The molecule has 3 amide bonds. The molecule has 1 aromatic carbocycles. The number of urea groups is 1. The zero-order valence-electron chi connectivity index (χ0n) is 12.6. The first kappa shape index (κ1) is 15.8. The molecule has 0 aromatic heterocycles. The summed E-state index contributed by atoms with van der Waals surface area (Å²) in [7, 11) is 1.32. The van der Waals surface area contributed by atoms with E-state index < -0.39 is 12.0 Å². The fraction of sp³-hybridized carbons (Fsp3) is 0.400. The molecule has 1 heterocycles. The first-order chi connectivity index (χ1) is 10.5. The normalized spacial score (nSPS) is 16.8. The van der Waals surface area contributed by atoms with E-state index in [2.05, 4.69) is 20.7 Å². The molecule has 1 aliphatic heterocycles. The molecule has 1 aliphatic rings. The number of hydrogen-bond donors (Lipinski definition) is 3. The standard InChI is InChI=1S/C15H19N3O4/c1-3-16-15(21)18-12-7-4-9-8-10(14(20)22-2)5-6-11(9)17-13(12)19/h5-6,8,12H,3-4,7H2,1-2H3,(H,17,19)(H2,16,18,21)/t12-/m0/s1. The van der Waals surface area contributed by atoms with Crippen molar-refractivity contribution in [3.63, 3.8) is 0 Å². The molecular formula is C15H19N3O4. The van der Waals surface area contributed by atoms with Crippen molar-refractivity contribution in [1.29, 1.82) is 0 Å². The topological polar surface area (TPSA) is 96.5 Å². The lowest BCUT2D eigenvalue weighted by molar-refractivity contribution is -0.117. The molecular weight excluding hydrogens is 286 g/mol. The van der Waals surface area contributed by atoms with Gasteiger partial charge in [-0.1, -0.05) is 0 Å². The summed E-state index contributed by atoms with van der Waals surface area (Å²) in [6, 6.07) is 4.00. The Morgan fingerprint density at radius 1 is 1.41 bits per heavy atom. The molecule has 22 heavy (non-hydrogen) atoms. The van der Waals surface area contributed by atoms with Gasteiger partial charge in [0.25, 0.3) is 0 Å². The van der Waals surface area contributed by atoms with Crippen molar-refractivity contribution in [2.75, 3.05) is 19.0 Å². The van der Waals surface area contributed by atoms with Crippen LogP contribution in [-0.4, -0.2) is 37.6 Å². The van der Waals surface area contributed by atoms with Gasteiger partial charge in [-0.25, -0.2) is 9.59 Å². The Morgan fingerprint density at radius 3 is 2.86 bits per heavy atom. The zero-order chi connectivity index (χ0) is 16.1. The van der Waals surface area contributed by atoms with Crippen LogP contribution in [-0.2, 0) is 16.0 Å². The van der Waals surface area contributed by atoms with Gasteiger partial charge in [0.1, 0.15) is 6.04 Å². The Kier molecular flexibility index (Phi) is 4.98. The number of aryl methyl sites for hydroxylation is 1. The largest absolute Gasteiger partial charge is 0.465 e. The quantitative estimate of drug-likeness (QED) is 0.727. The second kappa shape index (κ2) is 6.93. The lowest BCUT2D eigenvalue weighted by atomic mass is 10.0. The van der Waals surface area contributed by atoms with Crippen molar-refractivity contribution in [3.05, 3.63) is 29.3 Å². The molecule has 1 aromatic rings. The molecule has 118 valence electrons. The Morgan fingerprint density at radius 2 is 2.18 bits per heavy atom. The van der Waals surface area contributed by atoms with E-state index in [1.54, 1.807) is 25.1 Å². The monoisotopic (exact) mass is 305 g/mol. The predicted molar refractivity (Wildman–Crippen MR) is 80.7 cm³/mol. The molecule has 0 spiro atoms. The molecule has 0 saturated heterocycles. The van der Waals surface area contributed by atoms with Gasteiger partial charge in [-0.05, 0) is 43.5 Å². The minimum absolute atomic E-state index is 0.268. The van der Waals surface area contributed by atoms with E-state index in [-0.39, 0.29) is 11.9 Å². The Bertz CT molecular complexity index is 600. The second-order valence-electron chi connectivity index (χ2n) is 4.95. The molecule has 3 N–H and O–H groups in total. The van der Waals surface area contributed by atoms with Crippen LogP contribution in [0, 0.1) is 0 Å². The van der Waals surface area contributed by atoms with Gasteiger partial charge >= 0.3 is 12.0 Å². The third kappa shape index (κ3) is 3.55. The van der Waals surface area contributed by atoms with Gasteiger partial charge in [0.15, 0.2) is 0 Å². The number of nitrogens with one attached hydrogen (secondary N) is 3. The Hall–Kier alpha value is -2.57. The lowest BCUT2D eigenvalue weighted by Gasteiger charge is -2.15. The van der Waals surface area contributed by atoms with E-state index >= 15 is 0 Å². The van der Waals surface area contributed by atoms with Crippen molar-refractivity contribution in [3.8, 4) is 0 Å². The molecule has 0 aliphatic carbocycles. The Balaban J connectivity index is 2.14. The number of amides is 3. The van der Waals surface area contributed by atoms with Crippen molar-refractivity contribution >= 4 is 23.6 Å². The number of rotatable bonds is 3. The van der Waals surface area contributed by atoms with Gasteiger partial charge in [0.05, 0.1) is 12.7 Å². The molecule has 7 nitrogen and oxygen atoms in total. The molecule has 0 unspecified atom stereocenters. The molecule has 0 bridgehead atoms. The lowest BCUT2D eigenvalue weighted by Crippen LogP contribution is -2.47. The van der Waals surface area contributed by atoms with Gasteiger partial charge in [-0.2, -0.15) is 0 Å². The average Bonchev–Trinajstić information content (AvgIpc) is 2.65. The summed E-state index contributed by atoms with van der Waals surface area (Å²) in [6.07, 6.45) is 1.02. The van der Waals surface area contributed by atoms with Gasteiger partial charge in [-0.15, -0.1) is 0 Å². The van der Waals surface area contributed by atoms with Crippen LogP contribution in [0.4, 0.5) is 10.5 Å². The van der Waals surface area contributed by atoms with Crippen LogP contribution < -0.4 is 16.0 Å². The average molecular weight is 305 g/mol. The first-order valence-corrected chi connectivity index (χ1v) is 7.11. The fourth-order valence-corrected chi connectivity index (χ4v) is 2.33. The number of fused-ring (bicyclic) bond motifs is 1. The summed E-state index contributed by atoms with van der Waals surface area (Å²) in [6.45, 7) is 2.29. The van der Waals surface area contributed by atoms with E-state index in [0.29, 0.717) is 30.6 Å². The molecule has 0 fully saturated rings. The number of esters is 1. The van der Waals surface area contributed by atoms with E-state index in [9.17, 15) is 14.4 Å². The van der Waals surface area contributed by atoms with Crippen molar-refractivity contribution in [2.45, 2.75) is 25.8 Å². The number of carbonyl (C=O) groups is 3. The zero-order valence-corrected chi connectivity index (χ0v) is 12.6. The van der Waals surface area contributed by atoms with Crippen LogP contribution in [0.25, 0.3) is 0 Å². The smallest absolute Gasteiger partial charge is 0.337 e. The number of benzene rings is 1. The van der Waals surface area contributed by atoms with Crippen LogP contribution in [0.2, 0.25) is 0 Å². The fourth-order valence-electron chi connectivity index (χ4n) is 2.33. The van der Waals surface area contributed by atoms with E-state index in [1.165, 1.54) is 7.11 Å². The van der Waals surface area contributed by atoms with E-state index in [1.807, 2.05) is 0 Å². The number of carbonyl (C=O) groups excluding carboxylic acids is 3. The van der Waals surface area contributed by atoms with Crippen molar-refractivity contribution in [1.82, 2.24) is 10.6 Å². The second-order valence-corrected chi connectivity index (χ2v) is 4.95. The highest BCUT2D eigenvalue weighted by Gasteiger charge is 2.25. The maximum absolute atomic E-state index is 12.1. The highest BCUT2D eigenvalue weighted by Crippen LogP contribution is 2.23. The summed E-state index contributed by atoms with van der Waals surface area (Å²) < 4.78 is 4.69. The van der Waals surface area contributed by atoms with Crippen molar-refractivity contribution < 1.29 is 19.1 Å². The van der Waals surface area contributed by atoms with Gasteiger partial charge < -0.3 is 20.7 Å². The molecule has 0 radical (unpaired) electrons. The highest BCUT2D eigenvalue weighted by atomic mass is 16.5. The highest BCUT2D eigenvalue weighted by molar-refractivity contribution is 5.99. The minimum atomic E-state index is -0.611. The summed E-state index contributed by atoms with van der Waals surface area (Å²) in [5, 5.41) is 8.01. The predicted octanol–water partition coefficient (Wildman–Crippen LogP) is 1.05. The van der Waals surface area contributed by atoms with E-state index in [0.717, 1.165) is 5.56 Å². The third-order valence-electron chi connectivity index (χ3n) is 3.45. The molecule has 1 atom stereocenters. The first-order valence-electron chi connectivity index (χ1n) is 7.11. The SMILES string of the molecule is CCNC(=O)N[C@H]1CCc2cc(C(=O)OC)ccc2NC1=O. The maximum Gasteiger partial charge on any atom is 0.337 e. The van der Waals surface area contributed by atoms with Gasteiger partial charge in [0.2, 0.25) is 5.91 Å². The van der Waals surface area contributed by atoms with Crippen LogP contribution >= 0.6 is 0 Å². The molecule has 0 saturated carbocycles. The maximum atomic E-state index is 12.1. The summed E-state index contributed by atoms with van der Waals surface area (Å²) in [4.78, 5) is 35.3. The van der Waals surface area contributed by atoms with E-state index in [4.69, 9.17) is 0 Å². The summed E-state index contributed by atoms with van der Waals surface area (Å²) in [5.41, 5.74) is 1.93. The summed E-state index contributed by atoms with van der Waals surface area (Å²) >= 11 is 0. The van der Waals surface area contributed by atoms with Gasteiger partial charge in [-0.3, -0.25) is 4.79 Å². The van der Waals surface area contributed by atoms with Crippen LogP contribution in [0.15, 0.2) is 18.2 Å². The number of methoxy groups -OCH3 is 1. The van der Waals surface area contributed by atoms with Crippen LogP contribution in [0.3, 0.4) is 0 Å². The Labute approximate surface area is 128 Å². The van der Waals surface area contributed by atoms with Gasteiger partial charge in [0, 0.05) is 12.2 Å². The van der Waals surface area contributed by atoms with Crippen LogP contribution in [0.5, 0.6) is 0 Å². The number of ether oxygens (including phenoxy) is 1. The van der Waals surface area contributed by atoms with Crippen LogP contribution in [0.1, 0.15) is 29.3 Å². The third-order valence-corrected chi connectivity index (χ3v) is 3.45. The minimum Gasteiger partial charge on any atom is -0.465 e. The molecule has 7 heteroatoms. The molecule has 2 rings (SSSR count). The summed E-state index contributed by atoms with van der Waals surface area (Å²) in [5.74, 6) is -0.689. The van der Waals surface area contributed by atoms with Crippen molar-refractivity contribution in [2.24, 2.45) is 0 Å². The number of hydrogen-bond acceptors (Lipinski definition) is 4. The number of anilines is 1.